The number of amides is 3. The van der Waals surface area contributed by atoms with Gasteiger partial charge < -0.3 is 25.1 Å². The smallest absolute Gasteiger partial charge is 0.290 e. The van der Waals surface area contributed by atoms with Gasteiger partial charge in [-0.25, -0.2) is 4.98 Å². The summed E-state index contributed by atoms with van der Waals surface area (Å²) in [4.78, 5) is 54.7. The normalized spacial score (nSPS) is 23.3. The predicted octanol–water partition coefficient (Wildman–Crippen LogP) is 3.31. The van der Waals surface area contributed by atoms with Crippen LogP contribution < -0.4 is 5.32 Å². The molecule has 37 heavy (non-hydrogen) atoms. The number of aromatic amines is 2. The number of aromatic nitrogens is 3. The lowest BCUT2D eigenvalue weighted by Gasteiger charge is -2.53. The molecule has 3 atom stereocenters. The van der Waals surface area contributed by atoms with Crippen molar-refractivity contribution in [1.82, 2.24) is 30.1 Å². The van der Waals surface area contributed by atoms with Crippen molar-refractivity contribution < 1.29 is 14.4 Å². The fourth-order valence-electron chi connectivity index (χ4n) is 5.84. The van der Waals surface area contributed by atoms with Crippen LogP contribution in [0.5, 0.6) is 0 Å². The zero-order chi connectivity index (χ0) is 25.9. The highest BCUT2D eigenvalue weighted by atomic mass is 16.2. The molecule has 3 N–H and O–H groups in total. The van der Waals surface area contributed by atoms with Crippen LogP contribution in [0.3, 0.4) is 0 Å². The lowest BCUT2D eigenvalue weighted by molar-refractivity contribution is -0.149. The monoisotopic (exact) mass is 498 g/mol. The largest absolute Gasteiger partial charge is 0.351 e. The number of hydrogen-bond acceptors (Lipinski definition) is 4. The number of imidazole rings is 1. The second kappa shape index (κ2) is 8.47. The van der Waals surface area contributed by atoms with Gasteiger partial charge in [-0.3, -0.25) is 14.4 Å². The molecule has 0 aliphatic carbocycles. The number of piperazine rings is 1. The Bertz CT molecular complexity index is 1470. The molecule has 9 nitrogen and oxygen atoms in total. The molecule has 2 aliphatic rings. The number of rotatable bonds is 3. The van der Waals surface area contributed by atoms with Gasteiger partial charge in [-0.1, -0.05) is 44.2 Å². The summed E-state index contributed by atoms with van der Waals surface area (Å²) in [6.07, 6.45) is 0.660. The molecule has 2 aromatic carbocycles. The molecule has 2 aromatic heterocycles. The Hall–Kier alpha value is -4.14. The molecule has 9 heteroatoms. The van der Waals surface area contributed by atoms with Crippen molar-refractivity contribution in [2.24, 2.45) is 5.41 Å². The molecule has 0 spiro atoms. The summed E-state index contributed by atoms with van der Waals surface area (Å²) in [6.45, 7) is 6.78. The Morgan fingerprint density at radius 2 is 1.76 bits per heavy atom. The van der Waals surface area contributed by atoms with E-state index in [2.05, 4.69) is 20.3 Å². The number of H-pyrrole nitrogens is 2. The van der Waals surface area contributed by atoms with Crippen molar-refractivity contribution in [3.63, 3.8) is 0 Å². The highest BCUT2D eigenvalue weighted by Crippen LogP contribution is 2.38. The summed E-state index contributed by atoms with van der Waals surface area (Å²) in [5, 5.41) is 3.95. The van der Waals surface area contributed by atoms with Crippen molar-refractivity contribution in [2.75, 3.05) is 13.1 Å². The number of hydrogen-bond donors (Lipinski definition) is 3. The van der Waals surface area contributed by atoms with Crippen LogP contribution in [0.2, 0.25) is 0 Å². The van der Waals surface area contributed by atoms with E-state index in [4.69, 9.17) is 0 Å². The lowest BCUT2D eigenvalue weighted by Crippen LogP contribution is -2.69. The van der Waals surface area contributed by atoms with Crippen molar-refractivity contribution in [1.29, 1.82) is 0 Å². The van der Waals surface area contributed by atoms with Crippen LogP contribution in [0.25, 0.3) is 21.9 Å². The summed E-state index contributed by atoms with van der Waals surface area (Å²) < 4.78 is 0. The number of fused-ring (bicyclic) bond motifs is 3. The minimum atomic E-state index is -0.660. The molecule has 4 heterocycles. The summed E-state index contributed by atoms with van der Waals surface area (Å²) in [5.74, 6) is -0.254. The van der Waals surface area contributed by atoms with Gasteiger partial charge in [0.25, 0.3) is 11.8 Å². The predicted molar refractivity (Wildman–Crippen MR) is 140 cm³/mol. The van der Waals surface area contributed by atoms with Crippen LogP contribution in [-0.4, -0.2) is 73.7 Å². The van der Waals surface area contributed by atoms with Gasteiger partial charge in [-0.15, -0.1) is 0 Å². The number of nitrogens with one attached hydrogen (secondary N) is 3. The Morgan fingerprint density at radius 3 is 2.51 bits per heavy atom. The van der Waals surface area contributed by atoms with Crippen LogP contribution in [0, 0.1) is 5.41 Å². The van der Waals surface area contributed by atoms with Gasteiger partial charge >= 0.3 is 0 Å². The molecular weight excluding hydrogens is 468 g/mol. The minimum absolute atomic E-state index is 0.103. The van der Waals surface area contributed by atoms with E-state index in [9.17, 15) is 14.4 Å². The van der Waals surface area contributed by atoms with Crippen LogP contribution >= 0.6 is 0 Å². The third-order valence-corrected chi connectivity index (χ3v) is 7.82. The molecular formula is C28H30N6O3. The molecule has 6 rings (SSSR count). The fourth-order valence-corrected chi connectivity index (χ4v) is 5.84. The average molecular weight is 499 g/mol. The first-order chi connectivity index (χ1) is 17.7. The quantitative estimate of drug-likeness (QED) is 0.402. The number of nitrogens with zero attached hydrogens (tertiary/aromatic N) is 3. The van der Waals surface area contributed by atoms with Gasteiger partial charge in [0.2, 0.25) is 5.91 Å². The maximum Gasteiger partial charge on any atom is 0.290 e. The van der Waals surface area contributed by atoms with E-state index in [1.165, 1.54) is 0 Å². The van der Waals surface area contributed by atoms with E-state index in [1.54, 1.807) is 6.07 Å². The molecule has 190 valence electrons. The first-order valence-electron chi connectivity index (χ1n) is 12.7. The maximum atomic E-state index is 13.7. The van der Waals surface area contributed by atoms with E-state index >= 15 is 0 Å². The van der Waals surface area contributed by atoms with Gasteiger partial charge in [0.1, 0.15) is 11.7 Å². The van der Waals surface area contributed by atoms with E-state index in [0.717, 1.165) is 21.9 Å². The second-order valence-corrected chi connectivity index (χ2v) is 10.9. The Kier molecular flexibility index (Phi) is 5.33. The number of carbonyl (C=O) groups is 3. The van der Waals surface area contributed by atoms with Crippen LogP contribution in [0.4, 0.5) is 0 Å². The van der Waals surface area contributed by atoms with E-state index in [0.29, 0.717) is 31.0 Å². The average Bonchev–Trinajstić information content (AvgIpc) is 3.51. The topological polar surface area (TPSA) is 114 Å². The number of carbonyl (C=O) groups excluding carboxylic acids is 3. The van der Waals surface area contributed by atoms with Crippen molar-refractivity contribution in [3.05, 3.63) is 66.1 Å². The van der Waals surface area contributed by atoms with E-state index in [1.807, 2.05) is 79.1 Å². The SMILES string of the molecule is CC1CN2C(=O)C(NC(=O)c3cc4ccccc4[nH]3)C(C)(C)CC2CN1C(=O)c1nc2ccccc2[nH]1. The van der Waals surface area contributed by atoms with E-state index < -0.39 is 11.5 Å². The van der Waals surface area contributed by atoms with Crippen LogP contribution in [0.1, 0.15) is 48.3 Å². The van der Waals surface area contributed by atoms with Crippen molar-refractivity contribution in [2.45, 2.75) is 45.3 Å². The zero-order valence-corrected chi connectivity index (χ0v) is 21.1. The van der Waals surface area contributed by atoms with Gasteiger partial charge in [-0.05, 0) is 43.0 Å². The summed E-state index contributed by atoms with van der Waals surface area (Å²) in [6, 6.07) is 16.1. The molecule has 0 radical (unpaired) electrons. The molecule has 2 aliphatic heterocycles. The van der Waals surface area contributed by atoms with Crippen molar-refractivity contribution >= 4 is 39.7 Å². The molecule has 2 saturated heterocycles. The molecule has 0 saturated carbocycles. The van der Waals surface area contributed by atoms with Gasteiger partial charge in [0.15, 0.2) is 5.82 Å². The fraction of sp³-hybridized carbons (Fsp3) is 0.357. The van der Waals surface area contributed by atoms with Gasteiger partial charge in [0, 0.05) is 30.0 Å². The standard InChI is InChI=1S/C28H30N6O3/c1-16-14-34-18(15-33(16)27(37)24-30-20-10-6-7-11-21(20)31-24)13-28(2,3)23(26(34)36)32-25(35)22-12-17-8-4-5-9-19(17)29-22/h4-12,16,18,23,29H,13-15H2,1-3H3,(H,30,31)(H,32,35). The van der Waals surface area contributed by atoms with Crippen molar-refractivity contribution in [3.8, 4) is 0 Å². The highest BCUT2D eigenvalue weighted by molar-refractivity contribution is 6.00. The first-order valence-corrected chi connectivity index (χ1v) is 12.7. The summed E-state index contributed by atoms with van der Waals surface area (Å²) in [5.41, 5.74) is 2.39. The van der Waals surface area contributed by atoms with Crippen LogP contribution in [-0.2, 0) is 4.79 Å². The maximum absolute atomic E-state index is 13.7. The van der Waals surface area contributed by atoms with Gasteiger partial charge in [-0.2, -0.15) is 0 Å². The molecule has 2 fully saturated rings. The number of piperidine rings is 1. The Labute approximate surface area is 214 Å². The lowest BCUT2D eigenvalue weighted by atomic mass is 9.73. The Balaban J connectivity index is 1.20. The zero-order valence-electron chi connectivity index (χ0n) is 21.1. The van der Waals surface area contributed by atoms with Gasteiger partial charge in [0.05, 0.1) is 17.1 Å². The number of benzene rings is 2. The summed E-state index contributed by atoms with van der Waals surface area (Å²) >= 11 is 0. The molecule has 4 aromatic rings. The third kappa shape index (κ3) is 3.94. The summed E-state index contributed by atoms with van der Waals surface area (Å²) in [7, 11) is 0. The highest BCUT2D eigenvalue weighted by Gasteiger charge is 2.50. The number of para-hydroxylation sites is 3. The second-order valence-electron chi connectivity index (χ2n) is 10.9. The Morgan fingerprint density at radius 1 is 1.03 bits per heavy atom. The first kappa shape index (κ1) is 23.3. The van der Waals surface area contributed by atoms with E-state index in [-0.39, 0.29) is 29.8 Å². The molecule has 3 amide bonds. The molecule has 0 bridgehead atoms. The van der Waals surface area contributed by atoms with Crippen LogP contribution in [0.15, 0.2) is 54.6 Å². The minimum Gasteiger partial charge on any atom is -0.351 e. The third-order valence-electron chi connectivity index (χ3n) is 7.82. The molecule has 3 unspecified atom stereocenters.